The van der Waals surface area contributed by atoms with Crippen LogP contribution in [0.5, 0.6) is 0 Å². The summed E-state index contributed by atoms with van der Waals surface area (Å²) in [6.07, 6.45) is 0.118. The van der Waals surface area contributed by atoms with Crippen LogP contribution in [0.15, 0.2) is 18.2 Å². The summed E-state index contributed by atoms with van der Waals surface area (Å²) in [6.45, 7) is 2.59. The molecule has 3 nitrogen and oxygen atoms in total. The topological polar surface area (TPSA) is 40.5 Å². The molecule has 0 aliphatic heterocycles. The Morgan fingerprint density at radius 2 is 2.24 bits per heavy atom. The van der Waals surface area contributed by atoms with E-state index in [9.17, 15) is 9.18 Å². The van der Waals surface area contributed by atoms with Crippen LogP contribution in [0, 0.1) is 5.82 Å². The van der Waals surface area contributed by atoms with Crippen LogP contribution in [0.4, 0.5) is 4.39 Å². The number of likely N-dealkylation sites (N-methyl/N-ethyl adjacent to an activating group) is 1. The van der Waals surface area contributed by atoms with Crippen LogP contribution >= 0.6 is 11.6 Å². The van der Waals surface area contributed by atoms with Gasteiger partial charge in [-0.15, -0.1) is 0 Å². The van der Waals surface area contributed by atoms with Crippen LogP contribution in [0.1, 0.15) is 12.5 Å². The van der Waals surface area contributed by atoms with Gasteiger partial charge in [0.2, 0.25) is 5.91 Å². The standard InChI is InChI=1S/C12H15ClFNO2/c1-2-15(5-6-16)12(17)7-9-3-4-10(14)8-11(9)13/h3-4,8,16H,2,5-7H2,1H3. The van der Waals surface area contributed by atoms with E-state index in [2.05, 4.69) is 0 Å². The van der Waals surface area contributed by atoms with Crippen LogP contribution in [-0.4, -0.2) is 35.6 Å². The fraction of sp³-hybridized carbons (Fsp3) is 0.417. The normalized spacial score (nSPS) is 10.4. The SMILES string of the molecule is CCN(CCO)C(=O)Cc1ccc(F)cc1Cl. The molecule has 0 atom stereocenters. The molecule has 0 spiro atoms. The second-order valence-corrected chi connectivity index (χ2v) is 4.02. The number of halogens is 2. The predicted octanol–water partition coefficient (Wildman–Crippen LogP) is 1.86. The molecule has 0 saturated heterocycles. The van der Waals surface area contributed by atoms with Crippen molar-refractivity contribution >= 4 is 17.5 Å². The molecule has 0 heterocycles. The van der Waals surface area contributed by atoms with Crippen molar-refractivity contribution in [3.63, 3.8) is 0 Å². The summed E-state index contributed by atoms with van der Waals surface area (Å²) in [7, 11) is 0. The van der Waals surface area contributed by atoms with Crippen LogP contribution < -0.4 is 0 Å². The van der Waals surface area contributed by atoms with Gasteiger partial charge in [-0.2, -0.15) is 0 Å². The fourth-order valence-corrected chi connectivity index (χ4v) is 1.75. The summed E-state index contributed by atoms with van der Waals surface area (Å²) in [5.74, 6) is -0.552. The quantitative estimate of drug-likeness (QED) is 0.877. The van der Waals surface area contributed by atoms with Crippen molar-refractivity contribution in [3.05, 3.63) is 34.6 Å². The molecule has 0 radical (unpaired) electrons. The smallest absolute Gasteiger partial charge is 0.227 e. The van der Waals surface area contributed by atoms with Crippen molar-refractivity contribution < 1.29 is 14.3 Å². The van der Waals surface area contributed by atoms with E-state index in [4.69, 9.17) is 16.7 Å². The average Bonchev–Trinajstić information content (AvgIpc) is 2.29. The van der Waals surface area contributed by atoms with Gasteiger partial charge in [-0.3, -0.25) is 4.79 Å². The van der Waals surface area contributed by atoms with Crippen molar-refractivity contribution in [3.8, 4) is 0 Å². The molecule has 1 N–H and O–H groups in total. The Labute approximate surface area is 105 Å². The van der Waals surface area contributed by atoms with Crippen LogP contribution in [0.3, 0.4) is 0 Å². The highest BCUT2D eigenvalue weighted by atomic mass is 35.5. The van der Waals surface area contributed by atoms with E-state index < -0.39 is 5.82 Å². The van der Waals surface area contributed by atoms with Gasteiger partial charge in [0.25, 0.3) is 0 Å². The molecule has 5 heteroatoms. The first-order valence-corrected chi connectivity index (χ1v) is 5.78. The van der Waals surface area contributed by atoms with Crippen LogP contribution in [0.25, 0.3) is 0 Å². The number of carbonyl (C=O) groups excluding carboxylic acids is 1. The van der Waals surface area contributed by atoms with E-state index in [-0.39, 0.29) is 24.0 Å². The molecule has 0 aliphatic rings. The summed E-state index contributed by atoms with van der Waals surface area (Å²) >= 11 is 5.84. The molecule has 1 aromatic rings. The van der Waals surface area contributed by atoms with Gasteiger partial charge in [0, 0.05) is 18.1 Å². The van der Waals surface area contributed by atoms with Crippen molar-refractivity contribution in [2.75, 3.05) is 19.7 Å². The molecule has 0 aliphatic carbocycles. The maximum absolute atomic E-state index is 12.8. The zero-order valence-electron chi connectivity index (χ0n) is 9.62. The van der Waals surface area contributed by atoms with E-state index in [1.165, 1.54) is 23.1 Å². The largest absolute Gasteiger partial charge is 0.395 e. The number of hydrogen-bond donors (Lipinski definition) is 1. The third-order valence-corrected chi connectivity index (χ3v) is 2.81. The first kappa shape index (κ1) is 13.9. The van der Waals surface area contributed by atoms with Gasteiger partial charge in [0.05, 0.1) is 13.0 Å². The first-order valence-electron chi connectivity index (χ1n) is 5.41. The van der Waals surface area contributed by atoms with Gasteiger partial charge in [0.1, 0.15) is 5.82 Å². The summed E-state index contributed by atoms with van der Waals surface area (Å²) < 4.78 is 12.8. The van der Waals surface area contributed by atoms with Gasteiger partial charge >= 0.3 is 0 Å². The summed E-state index contributed by atoms with van der Waals surface area (Å²) in [6, 6.07) is 3.96. The highest BCUT2D eigenvalue weighted by Crippen LogP contribution is 2.18. The van der Waals surface area contributed by atoms with Gasteiger partial charge in [-0.1, -0.05) is 17.7 Å². The van der Waals surface area contributed by atoms with Gasteiger partial charge in [-0.05, 0) is 24.6 Å². The molecular weight excluding hydrogens is 245 g/mol. The second kappa shape index (κ2) is 6.57. The maximum atomic E-state index is 12.8. The average molecular weight is 260 g/mol. The lowest BCUT2D eigenvalue weighted by Gasteiger charge is -2.19. The Hall–Kier alpha value is -1.13. The number of nitrogens with zero attached hydrogens (tertiary/aromatic N) is 1. The monoisotopic (exact) mass is 259 g/mol. The van der Waals surface area contributed by atoms with Crippen molar-refractivity contribution in [2.45, 2.75) is 13.3 Å². The number of amides is 1. The molecule has 0 saturated carbocycles. The number of aliphatic hydroxyl groups excluding tert-OH is 1. The van der Waals surface area contributed by atoms with Crippen molar-refractivity contribution in [1.29, 1.82) is 0 Å². The molecule has 1 aromatic carbocycles. The van der Waals surface area contributed by atoms with Gasteiger partial charge in [0.15, 0.2) is 0 Å². The summed E-state index contributed by atoms with van der Waals surface area (Å²) in [5, 5.41) is 9.05. The molecule has 0 bridgehead atoms. The van der Waals surface area contributed by atoms with E-state index in [1.54, 1.807) is 0 Å². The number of aliphatic hydroxyl groups is 1. The Balaban J connectivity index is 2.73. The highest BCUT2D eigenvalue weighted by molar-refractivity contribution is 6.31. The zero-order valence-corrected chi connectivity index (χ0v) is 10.4. The van der Waals surface area contributed by atoms with E-state index >= 15 is 0 Å². The molecule has 0 fully saturated rings. The molecular formula is C12H15ClFNO2. The number of rotatable bonds is 5. The summed E-state index contributed by atoms with van der Waals surface area (Å²) in [5.41, 5.74) is 0.592. The highest BCUT2D eigenvalue weighted by Gasteiger charge is 2.13. The maximum Gasteiger partial charge on any atom is 0.227 e. The fourth-order valence-electron chi connectivity index (χ4n) is 1.52. The van der Waals surface area contributed by atoms with E-state index in [0.717, 1.165) is 0 Å². The lowest BCUT2D eigenvalue weighted by molar-refractivity contribution is -0.130. The third kappa shape index (κ3) is 3.98. The van der Waals surface area contributed by atoms with Crippen molar-refractivity contribution in [2.24, 2.45) is 0 Å². The lowest BCUT2D eigenvalue weighted by atomic mass is 10.1. The minimum absolute atomic E-state index is 0.0727. The number of carbonyl (C=O) groups is 1. The predicted molar refractivity (Wildman–Crippen MR) is 64.5 cm³/mol. The molecule has 0 aromatic heterocycles. The summed E-state index contributed by atoms with van der Waals surface area (Å²) in [4.78, 5) is 13.4. The van der Waals surface area contributed by atoms with Gasteiger partial charge < -0.3 is 10.0 Å². The lowest BCUT2D eigenvalue weighted by Crippen LogP contribution is -2.34. The minimum Gasteiger partial charge on any atom is -0.395 e. The Kier molecular flexibility index (Phi) is 5.38. The third-order valence-electron chi connectivity index (χ3n) is 2.46. The molecule has 0 unspecified atom stereocenters. The molecule has 17 heavy (non-hydrogen) atoms. The van der Waals surface area contributed by atoms with E-state index in [0.29, 0.717) is 18.7 Å². The second-order valence-electron chi connectivity index (χ2n) is 3.61. The molecule has 1 rings (SSSR count). The molecule has 1 amide bonds. The van der Waals surface area contributed by atoms with Gasteiger partial charge in [-0.25, -0.2) is 4.39 Å². The van der Waals surface area contributed by atoms with Crippen molar-refractivity contribution in [1.82, 2.24) is 4.90 Å². The Bertz CT molecular complexity index is 398. The number of hydrogen-bond acceptors (Lipinski definition) is 2. The Morgan fingerprint density at radius 1 is 1.53 bits per heavy atom. The Morgan fingerprint density at radius 3 is 2.76 bits per heavy atom. The number of benzene rings is 1. The van der Waals surface area contributed by atoms with E-state index in [1.807, 2.05) is 6.92 Å². The molecule has 94 valence electrons. The first-order chi connectivity index (χ1) is 8.08. The zero-order chi connectivity index (χ0) is 12.8. The van der Waals surface area contributed by atoms with Crippen LogP contribution in [0.2, 0.25) is 5.02 Å². The van der Waals surface area contributed by atoms with Crippen LogP contribution in [-0.2, 0) is 11.2 Å². The minimum atomic E-state index is -0.422.